The Balaban J connectivity index is 2.28. The largest absolute Gasteiger partial charge is 0.497 e. The lowest BCUT2D eigenvalue weighted by atomic mass is 9.93. The molecule has 1 aromatic carbocycles. The molecule has 18 heavy (non-hydrogen) atoms. The lowest BCUT2D eigenvalue weighted by Gasteiger charge is -2.23. The highest BCUT2D eigenvalue weighted by molar-refractivity contribution is 7.99. The molecule has 0 saturated carbocycles. The van der Waals surface area contributed by atoms with E-state index in [0.717, 1.165) is 22.8 Å². The Hall–Kier alpha value is -0.910. The molecular formula is C13H20N2O2S. The van der Waals surface area contributed by atoms with Crippen LogP contribution in [-0.4, -0.2) is 25.7 Å². The van der Waals surface area contributed by atoms with E-state index in [1.54, 1.807) is 14.2 Å². The third-order valence-corrected chi connectivity index (χ3v) is 4.54. The first-order chi connectivity index (χ1) is 8.78. The standard InChI is InChI=1S/C13H20N2O2S/c1-16-11-5-10(6-12(7-11)17-2)13(15-14)9-3-4-18-8-9/h5-7,9,13,15H,3-4,8,14H2,1-2H3. The Morgan fingerprint density at radius 2 is 1.94 bits per heavy atom. The van der Waals surface area contributed by atoms with Crippen molar-refractivity contribution in [3.8, 4) is 11.5 Å². The van der Waals surface area contributed by atoms with Gasteiger partial charge >= 0.3 is 0 Å². The van der Waals surface area contributed by atoms with Crippen LogP contribution in [0.25, 0.3) is 0 Å². The topological polar surface area (TPSA) is 56.5 Å². The SMILES string of the molecule is COc1cc(OC)cc(C(NN)C2CCSC2)c1. The van der Waals surface area contributed by atoms with Crippen molar-refractivity contribution in [2.75, 3.05) is 25.7 Å². The predicted octanol–water partition coefficient (Wildman–Crippen LogP) is 1.96. The van der Waals surface area contributed by atoms with Gasteiger partial charge in [-0.2, -0.15) is 11.8 Å². The van der Waals surface area contributed by atoms with Crippen molar-refractivity contribution in [1.82, 2.24) is 5.43 Å². The number of hydrogen-bond acceptors (Lipinski definition) is 5. The van der Waals surface area contributed by atoms with Crippen LogP contribution >= 0.6 is 11.8 Å². The van der Waals surface area contributed by atoms with Crippen LogP contribution in [-0.2, 0) is 0 Å². The monoisotopic (exact) mass is 268 g/mol. The summed E-state index contributed by atoms with van der Waals surface area (Å²) in [6.45, 7) is 0. The van der Waals surface area contributed by atoms with Crippen molar-refractivity contribution >= 4 is 11.8 Å². The minimum absolute atomic E-state index is 0.156. The van der Waals surface area contributed by atoms with Gasteiger partial charge in [0.25, 0.3) is 0 Å². The zero-order chi connectivity index (χ0) is 13.0. The number of methoxy groups -OCH3 is 2. The second-order valence-electron chi connectivity index (χ2n) is 4.41. The molecule has 100 valence electrons. The average molecular weight is 268 g/mol. The van der Waals surface area contributed by atoms with Crippen LogP contribution < -0.4 is 20.7 Å². The molecule has 1 heterocycles. The second-order valence-corrected chi connectivity index (χ2v) is 5.56. The zero-order valence-corrected chi connectivity index (χ0v) is 11.6. The molecule has 1 saturated heterocycles. The van der Waals surface area contributed by atoms with E-state index in [0.29, 0.717) is 5.92 Å². The van der Waals surface area contributed by atoms with Gasteiger partial charge in [-0.25, -0.2) is 0 Å². The number of nitrogens with two attached hydrogens (primary N) is 1. The van der Waals surface area contributed by atoms with Crippen LogP contribution in [0.1, 0.15) is 18.0 Å². The maximum Gasteiger partial charge on any atom is 0.122 e. The van der Waals surface area contributed by atoms with E-state index >= 15 is 0 Å². The Morgan fingerprint density at radius 1 is 1.28 bits per heavy atom. The Labute approximate surface area is 112 Å². The molecule has 0 aliphatic carbocycles. The van der Waals surface area contributed by atoms with E-state index in [-0.39, 0.29) is 6.04 Å². The highest BCUT2D eigenvalue weighted by atomic mass is 32.2. The summed E-state index contributed by atoms with van der Waals surface area (Å²) in [6.07, 6.45) is 1.19. The van der Waals surface area contributed by atoms with Crippen molar-refractivity contribution in [2.24, 2.45) is 11.8 Å². The quantitative estimate of drug-likeness (QED) is 0.631. The fourth-order valence-electron chi connectivity index (χ4n) is 2.33. The first-order valence-electron chi connectivity index (χ1n) is 6.05. The van der Waals surface area contributed by atoms with Crippen LogP contribution in [0.5, 0.6) is 11.5 Å². The molecule has 0 bridgehead atoms. The predicted molar refractivity (Wildman–Crippen MR) is 75.0 cm³/mol. The molecule has 0 amide bonds. The summed E-state index contributed by atoms with van der Waals surface area (Å²) in [5.41, 5.74) is 4.06. The fourth-order valence-corrected chi connectivity index (χ4v) is 3.63. The number of thioether (sulfide) groups is 1. The minimum atomic E-state index is 0.156. The number of ether oxygens (including phenoxy) is 2. The van der Waals surface area contributed by atoms with Crippen LogP contribution in [0.2, 0.25) is 0 Å². The fraction of sp³-hybridized carbons (Fsp3) is 0.538. The molecule has 1 aliphatic heterocycles. The third-order valence-electron chi connectivity index (χ3n) is 3.35. The molecular weight excluding hydrogens is 248 g/mol. The normalized spacial score (nSPS) is 20.7. The number of hydrazine groups is 1. The van der Waals surface area contributed by atoms with Crippen LogP contribution in [0.4, 0.5) is 0 Å². The summed E-state index contributed by atoms with van der Waals surface area (Å²) < 4.78 is 10.6. The van der Waals surface area contributed by atoms with Gasteiger partial charge in [-0.15, -0.1) is 0 Å². The molecule has 0 radical (unpaired) electrons. The molecule has 1 aromatic rings. The Bertz CT molecular complexity index is 372. The number of benzene rings is 1. The maximum absolute atomic E-state index is 5.73. The molecule has 4 nitrogen and oxygen atoms in total. The van der Waals surface area contributed by atoms with E-state index < -0.39 is 0 Å². The number of rotatable bonds is 5. The van der Waals surface area contributed by atoms with E-state index in [2.05, 4.69) is 5.43 Å². The van der Waals surface area contributed by atoms with Crippen molar-refractivity contribution < 1.29 is 9.47 Å². The highest BCUT2D eigenvalue weighted by Crippen LogP contribution is 2.36. The van der Waals surface area contributed by atoms with E-state index in [1.165, 1.54) is 12.2 Å². The van der Waals surface area contributed by atoms with Gasteiger partial charge in [0, 0.05) is 12.1 Å². The molecule has 3 N–H and O–H groups in total. The van der Waals surface area contributed by atoms with Crippen molar-refractivity contribution in [2.45, 2.75) is 12.5 Å². The van der Waals surface area contributed by atoms with Gasteiger partial charge in [0.2, 0.25) is 0 Å². The summed E-state index contributed by atoms with van der Waals surface area (Å²) in [7, 11) is 3.32. The molecule has 0 spiro atoms. The number of hydrogen-bond donors (Lipinski definition) is 2. The second kappa shape index (κ2) is 6.31. The first kappa shape index (κ1) is 13.5. The lowest BCUT2D eigenvalue weighted by molar-refractivity contribution is 0.378. The summed E-state index contributed by atoms with van der Waals surface area (Å²) >= 11 is 1.98. The highest BCUT2D eigenvalue weighted by Gasteiger charge is 2.26. The summed E-state index contributed by atoms with van der Waals surface area (Å²) in [6, 6.07) is 6.08. The van der Waals surface area contributed by atoms with Crippen LogP contribution in [0, 0.1) is 5.92 Å². The van der Waals surface area contributed by atoms with Gasteiger partial charge in [0.15, 0.2) is 0 Å². The summed E-state index contributed by atoms with van der Waals surface area (Å²) in [5, 5.41) is 0. The van der Waals surface area contributed by atoms with Crippen LogP contribution in [0.15, 0.2) is 18.2 Å². The molecule has 0 aromatic heterocycles. The summed E-state index contributed by atoms with van der Waals surface area (Å²) in [5.74, 6) is 10.3. The molecule has 2 atom stereocenters. The molecule has 2 unspecified atom stereocenters. The smallest absolute Gasteiger partial charge is 0.122 e. The Morgan fingerprint density at radius 3 is 2.39 bits per heavy atom. The molecule has 1 fully saturated rings. The van der Waals surface area contributed by atoms with Gasteiger partial charge < -0.3 is 9.47 Å². The van der Waals surface area contributed by atoms with E-state index in [1.807, 2.05) is 30.0 Å². The van der Waals surface area contributed by atoms with Gasteiger partial charge in [-0.05, 0) is 41.5 Å². The molecule has 5 heteroatoms. The molecule has 2 rings (SSSR count). The Kier molecular flexibility index (Phi) is 4.74. The zero-order valence-electron chi connectivity index (χ0n) is 10.8. The average Bonchev–Trinajstić information content (AvgIpc) is 2.93. The van der Waals surface area contributed by atoms with E-state index in [4.69, 9.17) is 15.3 Å². The van der Waals surface area contributed by atoms with Crippen LogP contribution in [0.3, 0.4) is 0 Å². The third kappa shape index (κ3) is 2.91. The van der Waals surface area contributed by atoms with Gasteiger partial charge in [-0.3, -0.25) is 11.3 Å². The lowest BCUT2D eigenvalue weighted by Crippen LogP contribution is -2.33. The van der Waals surface area contributed by atoms with Crippen molar-refractivity contribution in [3.05, 3.63) is 23.8 Å². The van der Waals surface area contributed by atoms with Gasteiger partial charge in [-0.1, -0.05) is 0 Å². The first-order valence-corrected chi connectivity index (χ1v) is 7.20. The van der Waals surface area contributed by atoms with Crippen molar-refractivity contribution in [3.63, 3.8) is 0 Å². The molecule has 1 aliphatic rings. The van der Waals surface area contributed by atoms with Crippen molar-refractivity contribution in [1.29, 1.82) is 0 Å². The van der Waals surface area contributed by atoms with Gasteiger partial charge in [0.1, 0.15) is 11.5 Å². The minimum Gasteiger partial charge on any atom is -0.497 e. The summed E-state index contributed by atoms with van der Waals surface area (Å²) in [4.78, 5) is 0. The maximum atomic E-state index is 5.73. The van der Waals surface area contributed by atoms with E-state index in [9.17, 15) is 0 Å². The van der Waals surface area contributed by atoms with Gasteiger partial charge in [0.05, 0.1) is 14.2 Å². The number of nitrogens with one attached hydrogen (secondary N) is 1.